The Morgan fingerprint density at radius 1 is 1.00 bits per heavy atom. The van der Waals surface area contributed by atoms with Crippen LogP contribution < -0.4 is 4.74 Å². The number of rotatable bonds is 3. The first-order valence-electron chi connectivity index (χ1n) is 10.1. The molecule has 0 amide bonds. The van der Waals surface area contributed by atoms with Crippen LogP contribution in [0.3, 0.4) is 0 Å². The minimum Gasteiger partial charge on any atom is -0.497 e. The summed E-state index contributed by atoms with van der Waals surface area (Å²) in [5.74, 6) is -2.12. The van der Waals surface area contributed by atoms with E-state index >= 15 is 0 Å². The number of nitriles is 3. The predicted octanol–water partition coefficient (Wildman–Crippen LogP) is 4.43. The Labute approximate surface area is 186 Å². The third kappa shape index (κ3) is 2.51. The molecule has 2 saturated heterocycles. The van der Waals surface area contributed by atoms with Gasteiger partial charge in [-0.25, -0.2) is 0 Å². The molecule has 2 heterocycles. The van der Waals surface area contributed by atoms with Crippen molar-refractivity contribution in [2.45, 2.75) is 38.6 Å². The second-order valence-electron chi connectivity index (χ2n) is 8.46. The Bertz CT molecular complexity index is 1220. The number of hydrogen-bond acceptors (Lipinski definition) is 7. The summed E-state index contributed by atoms with van der Waals surface area (Å²) in [5.41, 5.74) is -0.803. The molecule has 2 aromatic carbocycles. The molecule has 0 aliphatic carbocycles. The largest absolute Gasteiger partial charge is 0.497 e. The van der Waals surface area contributed by atoms with Crippen LogP contribution in [0.15, 0.2) is 42.5 Å². The number of aryl methyl sites for hydroxylation is 2. The van der Waals surface area contributed by atoms with Gasteiger partial charge >= 0.3 is 0 Å². The number of fused-ring (bicyclic) bond motifs is 2. The summed E-state index contributed by atoms with van der Waals surface area (Å²) >= 11 is 0. The maximum atomic E-state index is 10.5. The summed E-state index contributed by atoms with van der Waals surface area (Å²) in [6, 6.07) is 18.9. The van der Waals surface area contributed by atoms with Gasteiger partial charge in [-0.15, -0.1) is 0 Å². The molecule has 4 atom stereocenters. The van der Waals surface area contributed by atoms with Gasteiger partial charge in [0.1, 0.15) is 11.9 Å². The molecular weight excluding hydrogens is 404 g/mol. The maximum Gasteiger partial charge on any atom is 0.218 e. The zero-order valence-electron chi connectivity index (χ0n) is 18.3. The minimum atomic E-state index is -2.01. The number of benzene rings is 2. The first-order chi connectivity index (χ1) is 15.2. The van der Waals surface area contributed by atoms with Crippen LogP contribution in [0.5, 0.6) is 5.75 Å². The topological polar surface area (TPSA) is 123 Å². The SMILES string of the molecule is COc1ccc(C2C3(C)OC(=N)C2(C#N)C(C#N)(C#N)C(c2ccc(C)cc2C)O3)cc1. The molecule has 160 valence electrons. The highest BCUT2D eigenvalue weighted by Gasteiger charge is 2.79. The van der Waals surface area contributed by atoms with Crippen molar-refractivity contribution < 1.29 is 14.2 Å². The van der Waals surface area contributed by atoms with E-state index in [1.54, 1.807) is 38.3 Å². The lowest BCUT2D eigenvalue weighted by Crippen LogP contribution is -2.57. The fourth-order valence-electron chi connectivity index (χ4n) is 5.18. The van der Waals surface area contributed by atoms with Gasteiger partial charge in [-0.05, 0) is 42.7 Å². The van der Waals surface area contributed by atoms with Crippen molar-refractivity contribution in [2.75, 3.05) is 7.11 Å². The van der Waals surface area contributed by atoms with Gasteiger partial charge in [0, 0.05) is 6.92 Å². The average molecular weight is 426 g/mol. The molecule has 2 aromatic rings. The van der Waals surface area contributed by atoms with Crippen molar-refractivity contribution in [1.82, 2.24) is 0 Å². The van der Waals surface area contributed by atoms with Crippen LogP contribution in [0, 0.1) is 64.1 Å². The minimum absolute atomic E-state index is 0.432. The molecule has 2 bridgehead atoms. The molecule has 7 nitrogen and oxygen atoms in total. The monoisotopic (exact) mass is 426 g/mol. The van der Waals surface area contributed by atoms with E-state index in [0.29, 0.717) is 16.9 Å². The van der Waals surface area contributed by atoms with Crippen molar-refractivity contribution in [3.05, 3.63) is 64.7 Å². The van der Waals surface area contributed by atoms with Gasteiger partial charge in [-0.2, -0.15) is 15.8 Å². The van der Waals surface area contributed by atoms with Crippen LogP contribution in [0.25, 0.3) is 0 Å². The molecule has 7 heteroatoms. The quantitative estimate of drug-likeness (QED) is 0.774. The van der Waals surface area contributed by atoms with Gasteiger partial charge in [0.25, 0.3) is 0 Å². The first kappa shape index (κ1) is 21.4. The van der Waals surface area contributed by atoms with Crippen LogP contribution >= 0.6 is 0 Å². The molecular formula is C25H22N4O3. The van der Waals surface area contributed by atoms with Crippen LogP contribution in [0.1, 0.15) is 41.2 Å². The van der Waals surface area contributed by atoms with E-state index in [1.807, 2.05) is 32.0 Å². The van der Waals surface area contributed by atoms with Crippen molar-refractivity contribution in [2.24, 2.45) is 10.8 Å². The Morgan fingerprint density at radius 3 is 2.19 bits per heavy atom. The summed E-state index contributed by atoms with van der Waals surface area (Å²) in [7, 11) is 1.55. The molecule has 2 aliphatic rings. The molecule has 4 rings (SSSR count). The molecule has 2 aliphatic heterocycles. The van der Waals surface area contributed by atoms with Crippen molar-refractivity contribution in [1.29, 1.82) is 21.2 Å². The van der Waals surface area contributed by atoms with E-state index in [-0.39, 0.29) is 0 Å². The van der Waals surface area contributed by atoms with E-state index in [9.17, 15) is 15.8 Å². The Hall–Kier alpha value is -3.86. The van der Waals surface area contributed by atoms with E-state index in [4.69, 9.17) is 19.6 Å². The van der Waals surface area contributed by atoms with E-state index in [2.05, 4.69) is 18.2 Å². The number of hydrogen-bond donors (Lipinski definition) is 1. The molecule has 4 unspecified atom stereocenters. The number of nitrogens with zero attached hydrogens (tertiary/aromatic N) is 3. The maximum absolute atomic E-state index is 10.5. The van der Waals surface area contributed by atoms with E-state index in [1.165, 1.54) is 0 Å². The lowest BCUT2D eigenvalue weighted by molar-refractivity contribution is -0.253. The number of ether oxygens (including phenoxy) is 3. The highest BCUT2D eigenvalue weighted by atomic mass is 16.7. The standard InChI is InChI=1S/C25H22N4O3/c1-15-5-10-19(16(2)11-15)21-24(12-26,13-27)25(14-28)20(23(3,31-21)32-22(25)29)17-6-8-18(30-4)9-7-17/h5-11,20-21,29H,1-4H3. The second kappa shape index (κ2) is 7.09. The van der Waals surface area contributed by atoms with Gasteiger partial charge in [0.05, 0.1) is 31.2 Å². The average Bonchev–Trinajstić information content (AvgIpc) is 2.96. The van der Waals surface area contributed by atoms with Crippen LogP contribution in [-0.4, -0.2) is 18.8 Å². The Kier molecular flexibility index (Phi) is 4.74. The highest BCUT2D eigenvalue weighted by Crippen LogP contribution is 2.69. The van der Waals surface area contributed by atoms with Gasteiger partial charge in [-0.1, -0.05) is 35.9 Å². The first-order valence-corrected chi connectivity index (χ1v) is 10.1. The Balaban J connectivity index is 2.01. The molecule has 0 saturated carbocycles. The fourth-order valence-corrected chi connectivity index (χ4v) is 5.18. The third-order valence-corrected chi connectivity index (χ3v) is 6.67. The summed E-state index contributed by atoms with van der Waals surface area (Å²) in [4.78, 5) is 0. The number of methoxy groups -OCH3 is 1. The van der Waals surface area contributed by atoms with Gasteiger partial charge < -0.3 is 14.2 Å². The predicted molar refractivity (Wildman–Crippen MR) is 114 cm³/mol. The number of nitrogens with one attached hydrogen (secondary N) is 1. The summed E-state index contributed by atoms with van der Waals surface area (Å²) in [5, 5.41) is 40.0. The van der Waals surface area contributed by atoms with Gasteiger partial charge in [0.15, 0.2) is 5.41 Å². The molecule has 0 radical (unpaired) electrons. The molecule has 2 fully saturated rings. The molecule has 0 spiro atoms. The molecule has 0 aromatic heterocycles. The van der Waals surface area contributed by atoms with Crippen molar-refractivity contribution in [3.8, 4) is 24.0 Å². The molecule has 32 heavy (non-hydrogen) atoms. The van der Waals surface area contributed by atoms with Crippen LogP contribution in [0.4, 0.5) is 0 Å². The van der Waals surface area contributed by atoms with Crippen molar-refractivity contribution >= 4 is 5.90 Å². The normalized spacial score (nSPS) is 29.8. The van der Waals surface area contributed by atoms with Gasteiger partial charge in [0.2, 0.25) is 17.1 Å². The highest BCUT2D eigenvalue weighted by molar-refractivity contribution is 5.90. The van der Waals surface area contributed by atoms with Crippen LogP contribution in [0.2, 0.25) is 0 Å². The summed E-state index contributed by atoms with van der Waals surface area (Å²) in [6.07, 6.45) is -1.08. The summed E-state index contributed by atoms with van der Waals surface area (Å²) < 4.78 is 17.5. The summed E-state index contributed by atoms with van der Waals surface area (Å²) in [6.45, 7) is 5.47. The zero-order valence-corrected chi connectivity index (χ0v) is 18.3. The lowest BCUT2D eigenvalue weighted by atomic mass is 9.52. The molecule has 1 N–H and O–H groups in total. The fraction of sp³-hybridized carbons (Fsp3) is 0.360. The lowest BCUT2D eigenvalue weighted by Gasteiger charge is -2.49. The van der Waals surface area contributed by atoms with Gasteiger partial charge in [-0.3, -0.25) is 5.41 Å². The third-order valence-electron chi connectivity index (χ3n) is 6.67. The van der Waals surface area contributed by atoms with E-state index in [0.717, 1.165) is 11.1 Å². The Morgan fingerprint density at radius 2 is 1.66 bits per heavy atom. The van der Waals surface area contributed by atoms with E-state index < -0.39 is 34.5 Å². The second-order valence-corrected chi connectivity index (χ2v) is 8.46. The van der Waals surface area contributed by atoms with Crippen LogP contribution in [-0.2, 0) is 9.47 Å². The smallest absolute Gasteiger partial charge is 0.218 e. The zero-order chi connectivity index (χ0) is 23.3. The van der Waals surface area contributed by atoms with Crippen molar-refractivity contribution in [3.63, 3.8) is 0 Å².